The number of anilines is 1. The van der Waals surface area contributed by atoms with Crippen LogP contribution >= 0.6 is 22.7 Å². The molecule has 3 heterocycles. The van der Waals surface area contributed by atoms with Crippen molar-refractivity contribution in [3.63, 3.8) is 0 Å². The molecule has 0 radical (unpaired) electrons. The highest BCUT2D eigenvalue weighted by Crippen LogP contribution is 2.37. The molecule has 0 aliphatic carbocycles. The van der Waals surface area contributed by atoms with Crippen molar-refractivity contribution in [2.45, 2.75) is 13.0 Å². The van der Waals surface area contributed by atoms with Gasteiger partial charge in [-0.2, -0.15) is 0 Å². The quantitative estimate of drug-likeness (QED) is 0.584. The first-order valence-electron chi connectivity index (χ1n) is 7.64. The second-order valence-corrected chi connectivity index (χ2v) is 7.73. The molecule has 0 aromatic carbocycles. The smallest absolute Gasteiger partial charge is 0.409 e. The van der Waals surface area contributed by atoms with Gasteiger partial charge in [-0.05, 0) is 18.1 Å². The zero-order chi connectivity index (χ0) is 19.7. The number of hydrogen-bond acceptors (Lipinski definition) is 8. The second kappa shape index (κ2) is 7.32. The Balaban J connectivity index is 1.88. The maximum atomic E-state index is 12.4. The van der Waals surface area contributed by atoms with Gasteiger partial charge in [0.05, 0.1) is 29.0 Å². The van der Waals surface area contributed by atoms with Gasteiger partial charge in [0.2, 0.25) is 0 Å². The Hall–Kier alpha value is -2.99. The van der Waals surface area contributed by atoms with Crippen molar-refractivity contribution in [3.05, 3.63) is 43.1 Å². The topological polar surface area (TPSA) is 145 Å². The Kier molecular flexibility index (Phi) is 5.10. The van der Waals surface area contributed by atoms with E-state index in [1.165, 1.54) is 24.1 Å². The highest BCUT2D eigenvalue weighted by molar-refractivity contribution is 7.18. The van der Waals surface area contributed by atoms with Crippen LogP contribution in [0.2, 0.25) is 0 Å². The second-order valence-electron chi connectivity index (χ2n) is 5.56. The maximum Gasteiger partial charge on any atom is 0.409 e. The lowest BCUT2D eigenvalue weighted by molar-refractivity contribution is -0.380. The molecule has 12 heteroatoms. The van der Waals surface area contributed by atoms with Gasteiger partial charge >= 0.3 is 11.1 Å². The average Bonchev–Trinajstić information content (AvgIpc) is 3.24. The van der Waals surface area contributed by atoms with Crippen molar-refractivity contribution >= 4 is 50.6 Å². The standard InChI is InChI=1S/C15H14N4O6S2/c1-25-15(22)18-5-4-7-9(6-18)27-14(11(7)12(16)20)17-13(21)8-2-3-10(26-8)19(23)24/h2-3H,4-6H2,1H3,(H2,16,20)(H,17,21). The first kappa shape index (κ1) is 18.8. The molecule has 0 unspecified atom stereocenters. The van der Waals surface area contributed by atoms with Crippen LogP contribution in [0.25, 0.3) is 0 Å². The number of ether oxygens (including phenoxy) is 1. The molecule has 0 atom stereocenters. The number of amides is 3. The zero-order valence-electron chi connectivity index (χ0n) is 14.0. The maximum absolute atomic E-state index is 12.4. The lowest BCUT2D eigenvalue weighted by Gasteiger charge is -2.25. The van der Waals surface area contributed by atoms with Crippen LogP contribution in [0.5, 0.6) is 0 Å². The number of primary amides is 1. The van der Waals surface area contributed by atoms with Crippen LogP contribution in [0.15, 0.2) is 12.1 Å². The molecular formula is C15H14N4O6S2. The van der Waals surface area contributed by atoms with E-state index in [0.717, 1.165) is 27.6 Å². The van der Waals surface area contributed by atoms with Crippen molar-refractivity contribution in [2.75, 3.05) is 19.0 Å². The van der Waals surface area contributed by atoms with Crippen LogP contribution in [0.1, 0.15) is 30.5 Å². The first-order chi connectivity index (χ1) is 12.8. The third-order valence-corrected chi connectivity index (χ3v) is 6.13. The summed E-state index contributed by atoms with van der Waals surface area (Å²) in [5.41, 5.74) is 6.39. The van der Waals surface area contributed by atoms with E-state index in [1.54, 1.807) is 0 Å². The lowest BCUT2D eigenvalue weighted by atomic mass is 10.0. The lowest BCUT2D eigenvalue weighted by Crippen LogP contribution is -2.35. The summed E-state index contributed by atoms with van der Waals surface area (Å²) in [4.78, 5) is 48.6. The van der Waals surface area contributed by atoms with Crippen LogP contribution < -0.4 is 11.1 Å². The normalized spacial score (nSPS) is 13.0. The van der Waals surface area contributed by atoms with E-state index in [4.69, 9.17) is 10.5 Å². The molecule has 1 aliphatic rings. The van der Waals surface area contributed by atoms with Crippen LogP contribution in [0.3, 0.4) is 0 Å². The van der Waals surface area contributed by atoms with Gasteiger partial charge in [0, 0.05) is 17.5 Å². The zero-order valence-corrected chi connectivity index (χ0v) is 15.6. The predicted molar refractivity (Wildman–Crippen MR) is 98.3 cm³/mol. The fourth-order valence-electron chi connectivity index (χ4n) is 2.75. The molecule has 2 aromatic heterocycles. The van der Waals surface area contributed by atoms with E-state index in [2.05, 4.69) is 5.32 Å². The molecule has 0 saturated heterocycles. The number of carbonyl (C=O) groups excluding carboxylic acids is 3. The Bertz CT molecular complexity index is 950. The fourth-order valence-corrected chi connectivity index (χ4v) is 4.73. The average molecular weight is 410 g/mol. The van der Waals surface area contributed by atoms with Gasteiger partial charge in [-0.25, -0.2) is 4.79 Å². The van der Waals surface area contributed by atoms with E-state index in [1.807, 2.05) is 0 Å². The molecule has 0 spiro atoms. The van der Waals surface area contributed by atoms with Crippen molar-refractivity contribution in [2.24, 2.45) is 5.73 Å². The van der Waals surface area contributed by atoms with Crippen LogP contribution in [0, 0.1) is 10.1 Å². The highest BCUT2D eigenvalue weighted by Gasteiger charge is 2.30. The van der Waals surface area contributed by atoms with Crippen molar-refractivity contribution in [1.29, 1.82) is 0 Å². The largest absolute Gasteiger partial charge is 0.453 e. The van der Waals surface area contributed by atoms with E-state index in [0.29, 0.717) is 18.5 Å². The summed E-state index contributed by atoms with van der Waals surface area (Å²) in [5.74, 6) is -1.26. The molecule has 142 valence electrons. The van der Waals surface area contributed by atoms with E-state index >= 15 is 0 Å². The van der Waals surface area contributed by atoms with Gasteiger partial charge in [0.25, 0.3) is 11.8 Å². The van der Waals surface area contributed by atoms with Gasteiger partial charge in [-0.1, -0.05) is 11.3 Å². The number of carbonyl (C=O) groups is 3. The number of nitrogens with two attached hydrogens (primary N) is 1. The Labute approximate surface area is 160 Å². The molecule has 3 N–H and O–H groups in total. The van der Waals surface area contributed by atoms with Crippen LogP contribution in [-0.2, 0) is 17.7 Å². The summed E-state index contributed by atoms with van der Waals surface area (Å²) in [6.45, 7) is 0.606. The first-order valence-corrected chi connectivity index (χ1v) is 9.28. The number of nitrogens with one attached hydrogen (secondary N) is 1. The molecule has 0 bridgehead atoms. The predicted octanol–water partition coefficient (Wildman–Crippen LogP) is 2.19. The number of nitro groups is 1. The molecule has 2 aromatic rings. The molecule has 0 saturated carbocycles. The molecule has 10 nitrogen and oxygen atoms in total. The van der Waals surface area contributed by atoms with Gasteiger partial charge in [-0.3, -0.25) is 19.7 Å². The van der Waals surface area contributed by atoms with Crippen molar-refractivity contribution in [3.8, 4) is 0 Å². The minimum absolute atomic E-state index is 0.139. The number of methoxy groups -OCH3 is 1. The summed E-state index contributed by atoms with van der Waals surface area (Å²) in [6, 6.07) is 2.58. The Morgan fingerprint density at radius 3 is 2.67 bits per heavy atom. The summed E-state index contributed by atoms with van der Waals surface area (Å²) < 4.78 is 4.71. The highest BCUT2D eigenvalue weighted by atomic mass is 32.1. The molecule has 3 rings (SSSR count). The minimum Gasteiger partial charge on any atom is -0.453 e. The molecule has 1 aliphatic heterocycles. The minimum atomic E-state index is -0.688. The van der Waals surface area contributed by atoms with E-state index < -0.39 is 22.8 Å². The summed E-state index contributed by atoms with van der Waals surface area (Å²) in [6.07, 6.45) is -0.0781. The monoisotopic (exact) mass is 410 g/mol. The summed E-state index contributed by atoms with van der Waals surface area (Å²) >= 11 is 1.88. The number of rotatable bonds is 4. The van der Waals surface area contributed by atoms with E-state index in [9.17, 15) is 24.5 Å². The van der Waals surface area contributed by atoms with Crippen molar-refractivity contribution < 1.29 is 24.0 Å². The molecule has 0 fully saturated rings. The van der Waals surface area contributed by atoms with Gasteiger partial charge in [-0.15, -0.1) is 11.3 Å². The Morgan fingerprint density at radius 1 is 1.33 bits per heavy atom. The number of thiophene rings is 2. The summed E-state index contributed by atoms with van der Waals surface area (Å²) in [7, 11) is 1.28. The third-order valence-electron chi connectivity index (χ3n) is 3.96. The third kappa shape index (κ3) is 3.61. The number of fused-ring (bicyclic) bond motifs is 1. The SMILES string of the molecule is COC(=O)N1CCc2c(sc(NC(=O)c3ccc([N+](=O)[O-])s3)c2C(N)=O)C1. The molecule has 3 amide bonds. The Morgan fingerprint density at radius 2 is 2.07 bits per heavy atom. The van der Waals surface area contributed by atoms with Gasteiger partial charge in [0.15, 0.2) is 0 Å². The van der Waals surface area contributed by atoms with Gasteiger partial charge in [0.1, 0.15) is 5.00 Å². The molecular weight excluding hydrogens is 396 g/mol. The van der Waals surface area contributed by atoms with Crippen LogP contribution in [0.4, 0.5) is 14.8 Å². The fraction of sp³-hybridized carbons (Fsp3) is 0.267. The van der Waals surface area contributed by atoms with Gasteiger partial charge < -0.3 is 20.7 Å². The number of nitrogens with zero attached hydrogens (tertiary/aromatic N) is 2. The number of hydrogen-bond donors (Lipinski definition) is 2. The van der Waals surface area contributed by atoms with E-state index in [-0.39, 0.29) is 27.0 Å². The van der Waals surface area contributed by atoms with Crippen LogP contribution in [-0.4, -0.2) is 41.4 Å². The van der Waals surface area contributed by atoms with Crippen molar-refractivity contribution in [1.82, 2.24) is 4.90 Å². The summed E-state index contributed by atoms with van der Waals surface area (Å²) in [5, 5.41) is 13.5. The molecule has 27 heavy (non-hydrogen) atoms.